The van der Waals surface area contributed by atoms with Gasteiger partial charge in [-0.25, -0.2) is 0 Å². The van der Waals surface area contributed by atoms with Gasteiger partial charge in [-0.15, -0.1) is 0 Å². The van der Waals surface area contributed by atoms with Crippen LogP contribution in [0.2, 0.25) is 5.02 Å². The van der Waals surface area contributed by atoms with E-state index in [2.05, 4.69) is 21.0 Å². The van der Waals surface area contributed by atoms with Gasteiger partial charge in [0.05, 0.1) is 15.7 Å². The van der Waals surface area contributed by atoms with Gasteiger partial charge in [-0.05, 0) is 41.9 Å². The molecule has 2 rings (SSSR count). The van der Waals surface area contributed by atoms with Crippen molar-refractivity contribution in [3.63, 3.8) is 0 Å². The van der Waals surface area contributed by atoms with Crippen molar-refractivity contribution in [2.75, 3.05) is 0 Å². The molecule has 0 saturated heterocycles. The summed E-state index contributed by atoms with van der Waals surface area (Å²) in [6.07, 6.45) is 1.63. The van der Waals surface area contributed by atoms with Crippen LogP contribution in [0, 0.1) is 0 Å². The number of rotatable bonds is 3. The van der Waals surface area contributed by atoms with E-state index in [1.807, 2.05) is 13.8 Å². The van der Waals surface area contributed by atoms with Gasteiger partial charge in [-0.2, -0.15) is 5.10 Å². The molecule has 0 amide bonds. The third-order valence-electron chi connectivity index (χ3n) is 2.57. The van der Waals surface area contributed by atoms with Gasteiger partial charge in [0.25, 0.3) is 0 Å². The lowest BCUT2D eigenvalue weighted by Crippen LogP contribution is -2.14. The van der Waals surface area contributed by atoms with E-state index < -0.39 is 0 Å². The molecule has 0 radical (unpaired) electrons. The van der Waals surface area contributed by atoms with Crippen molar-refractivity contribution in [2.45, 2.75) is 19.9 Å². The number of nitrogens with zero attached hydrogens (tertiary/aromatic N) is 2. The van der Waals surface area contributed by atoms with Gasteiger partial charge in [0, 0.05) is 11.6 Å². The van der Waals surface area contributed by atoms with Gasteiger partial charge in [0.2, 0.25) is 5.78 Å². The first-order valence-electron chi connectivity index (χ1n) is 5.54. The Hall–Kier alpha value is -1.13. The summed E-state index contributed by atoms with van der Waals surface area (Å²) in [6.45, 7) is 3.95. The van der Waals surface area contributed by atoms with Gasteiger partial charge in [0.15, 0.2) is 0 Å². The van der Waals surface area contributed by atoms with Crippen LogP contribution in [-0.4, -0.2) is 15.6 Å². The van der Waals surface area contributed by atoms with Crippen molar-refractivity contribution in [1.29, 1.82) is 0 Å². The summed E-state index contributed by atoms with van der Waals surface area (Å²) in [5.41, 5.74) is 1.01. The second-order valence-electron chi connectivity index (χ2n) is 4.19. The Labute approximate surface area is 119 Å². The average molecular weight is 328 g/mol. The molecule has 0 saturated carbocycles. The second kappa shape index (κ2) is 5.24. The molecule has 0 aliphatic carbocycles. The van der Waals surface area contributed by atoms with E-state index in [9.17, 15) is 4.79 Å². The number of benzene rings is 1. The van der Waals surface area contributed by atoms with E-state index in [0.29, 0.717) is 20.8 Å². The fourth-order valence-corrected chi connectivity index (χ4v) is 2.39. The van der Waals surface area contributed by atoms with Crippen LogP contribution in [0.25, 0.3) is 0 Å². The quantitative estimate of drug-likeness (QED) is 0.795. The maximum Gasteiger partial charge on any atom is 0.213 e. The largest absolute Gasteiger partial charge is 0.287 e. The zero-order chi connectivity index (χ0) is 13.3. The van der Waals surface area contributed by atoms with Crippen LogP contribution in [0.1, 0.15) is 35.9 Å². The lowest BCUT2D eigenvalue weighted by Gasteiger charge is -2.11. The Kier molecular flexibility index (Phi) is 3.88. The summed E-state index contributed by atoms with van der Waals surface area (Å²) in [4.78, 5) is 12.5. The maximum absolute atomic E-state index is 12.5. The lowest BCUT2D eigenvalue weighted by molar-refractivity contribution is 0.102. The Bertz CT molecular complexity index is 592. The standard InChI is InChI=1S/C13H12BrClN2O/c1-8(2)17-12(10(14)7-16-17)13(18)9-5-3-4-6-11(9)15/h3-8H,1-2H3. The maximum atomic E-state index is 12.5. The average Bonchev–Trinajstić information content (AvgIpc) is 2.71. The van der Waals surface area contributed by atoms with Crippen molar-refractivity contribution >= 4 is 33.3 Å². The topological polar surface area (TPSA) is 34.9 Å². The lowest BCUT2D eigenvalue weighted by atomic mass is 10.1. The SMILES string of the molecule is CC(C)n1ncc(Br)c1C(=O)c1ccccc1Cl. The monoisotopic (exact) mass is 326 g/mol. The Morgan fingerprint density at radius 2 is 2.06 bits per heavy atom. The van der Waals surface area contributed by atoms with Gasteiger partial charge >= 0.3 is 0 Å². The molecule has 0 atom stereocenters. The summed E-state index contributed by atoms with van der Waals surface area (Å²) in [5, 5.41) is 4.65. The molecule has 0 bridgehead atoms. The third-order valence-corrected chi connectivity index (χ3v) is 3.48. The minimum absolute atomic E-state index is 0.109. The summed E-state index contributed by atoms with van der Waals surface area (Å²) in [6, 6.07) is 7.13. The zero-order valence-electron chi connectivity index (χ0n) is 10.0. The molecule has 2 aromatic rings. The first-order chi connectivity index (χ1) is 8.52. The van der Waals surface area contributed by atoms with E-state index in [0.717, 1.165) is 0 Å². The predicted molar refractivity (Wildman–Crippen MR) is 75.2 cm³/mol. The Morgan fingerprint density at radius 1 is 1.39 bits per heavy atom. The highest BCUT2D eigenvalue weighted by molar-refractivity contribution is 9.10. The molecule has 1 aromatic carbocycles. The number of halogens is 2. The van der Waals surface area contributed by atoms with Crippen molar-refractivity contribution in [1.82, 2.24) is 9.78 Å². The molecule has 0 fully saturated rings. The molecule has 18 heavy (non-hydrogen) atoms. The second-order valence-corrected chi connectivity index (χ2v) is 5.45. The van der Waals surface area contributed by atoms with Gasteiger partial charge in [-0.3, -0.25) is 9.48 Å². The molecule has 1 heterocycles. The molecular weight excluding hydrogens is 316 g/mol. The zero-order valence-corrected chi connectivity index (χ0v) is 12.4. The highest BCUT2D eigenvalue weighted by atomic mass is 79.9. The number of aromatic nitrogens is 2. The molecule has 0 aliphatic heterocycles. The minimum atomic E-state index is -0.126. The molecule has 94 valence electrons. The van der Waals surface area contributed by atoms with Crippen LogP contribution >= 0.6 is 27.5 Å². The van der Waals surface area contributed by atoms with Crippen LogP contribution in [0.15, 0.2) is 34.9 Å². The summed E-state index contributed by atoms with van der Waals surface area (Å²) in [5.74, 6) is -0.126. The summed E-state index contributed by atoms with van der Waals surface area (Å²) in [7, 11) is 0. The van der Waals surface area contributed by atoms with Crippen molar-refractivity contribution in [3.05, 3.63) is 51.2 Å². The van der Waals surface area contributed by atoms with Crippen LogP contribution in [0.5, 0.6) is 0 Å². The third kappa shape index (κ3) is 2.35. The van der Waals surface area contributed by atoms with E-state index in [1.54, 1.807) is 35.1 Å². The molecule has 3 nitrogen and oxygen atoms in total. The molecular formula is C13H12BrClN2O. The molecule has 0 aliphatic rings. The summed E-state index contributed by atoms with van der Waals surface area (Å²) < 4.78 is 2.37. The van der Waals surface area contributed by atoms with Gasteiger partial charge < -0.3 is 0 Å². The Morgan fingerprint density at radius 3 is 2.67 bits per heavy atom. The highest BCUT2D eigenvalue weighted by Gasteiger charge is 2.21. The molecule has 5 heteroatoms. The fraction of sp³-hybridized carbons (Fsp3) is 0.231. The van der Waals surface area contributed by atoms with Gasteiger partial charge in [0.1, 0.15) is 5.69 Å². The smallest absolute Gasteiger partial charge is 0.213 e. The van der Waals surface area contributed by atoms with Crippen molar-refractivity contribution < 1.29 is 4.79 Å². The summed E-state index contributed by atoms with van der Waals surface area (Å²) >= 11 is 9.42. The Balaban J connectivity index is 2.53. The van der Waals surface area contributed by atoms with E-state index in [-0.39, 0.29) is 11.8 Å². The van der Waals surface area contributed by atoms with Crippen LogP contribution < -0.4 is 0 Å². The molecule has 1 aromatic heterocycles. The minimum Gasteiger partial charge on any atom is -0.287 e. The highest BCUT2D eigenvalue weighted by Crippen LogP contribution is 2.25. The molecule has 0 N–H and O–H groups in total. The van der Waals surface area contributed by atoms with Crippen LogP contribution in [0.4, 0.5) is 0 Å². The number of carbonyl (C=O) groups is 1. The number of hydrogen-bond donors (Lipinski definition) is 0. The number of carbonyl (C=O) groups excluding carboxylic acids is 1. The van der Waals surface area contributed by atoms with E-state index >= 15 is 0 Å². The van der Waals surface area contributed by atoms with Crippen LogP contribution in [0.3, 0.4) is 0 Å². The molecule has 0 spiro atoms. The van der Waals surface area contributed by atoms with Crippen molar-refractivity contribution in [3.8, 4) is 0 Å². The fourth-order valence-electron chi connectivity index (χ4n) is 1.72. The van der Waals surface area contributed by atoms with E-state index in [4.69, 9.17) is 11.6 Å². The normalized spacial score (nSPS) is 10.9. The van der Waals surface area contributed by atoms with Crippen LogP contribution in [-0.2, 0) is 0 Å². The first kappa shape index (κ1) is 13.3. The number of ketones is 1. The molecule has 0 unspecified atom stereocenters. The van der Waals surface area contributed by atoms with E-state index in [1.165, 1.54) is 0 Å². The van der Waals surface area contributed by atoms with Crippen molar-refractivity contribution in [2.24, 2.45) is 0 Å². The van der Waals surface area contributed by atoms with Gasteiger partial charge in [-0.1, -0.05) is 23.7 Å². The number of hydrogen-bond acceptors (Lipinski definition) is 2. The first-order valence-corrected chi connectivity index (χ1v) is 6.71. The predicted octanol–water partition coefficient (Wildman–Crippen LogP) is 4.11.